The molecule has 0 saturated carbocycles. The Morgan fingerprint density at radius 1 is 0.417 bits per heavy atom. The fourth-order valence-electron chi connectivity index (χ4n) is 11.5. The first-order valence-corrected chi connectivity index (χ1v) is 33.6. The smallest absolute Gasteiger partial charge is 0.220 e. The molecule has 3 fully saturated rings. The number of carbonyl (C=O) groups is 1. The number of hydrogen-bond acceptors (Lipinski definition) is 18. The summed E-state index contributed by atoms with van der Waals surface area (Å²) in [4.78, 5) is 13.4. The minimum Gasteiger partial charge on any atom is -0.394 e. The summed E-state index contributed by atoms with van der Waals surface area (Å²) in [5.74, 6) is -0.274. The van der Waals surface area contributed by atoms with E-state index in [1.165, 1.54) is 180 Å². The normalized spacial score (nSPS) is 29.3. The van der Waals surface area contributed by atoms with Crippen molar-refractivity contribution in [3.05, 3.63) is 24.3 Å². The Morgan fingerprint density at radius 3 is 1.15 bits per heavy atom. The Morgan fingerprint density at radius 2 is 0.750 bits per heavy atom. The van der Waals surface area contributed by atoms with Crippen LogP contribution in [0.3, 0.4) is 0 Å². The number of amides is 1. The fourth-order valence-corrected chi connectivity index (χ4v) is 11.5. The predicted octanol–water partition coefficient (Wildman–Crippen LogP) is 7.88. The Kier molecular flexibility index (Phi) is 43.9. The summed E-state index contributed by atoms with van der Waals surface area (Å²) in [5, 5.41) is 120. The van der Waals surface area contributed by atoms with Crippen molar-refractivity contribution in [2.24, 2.45) is 0 Å². The lowest BCUT2D eigenvalue weighted by atomic mass is 9.96. The van der Waals surface area contributed by atoms with Crippen LogP contribution in [0.2, 0.25) is 0 Å². The van der Waals surface area contributed by atoms with Crippen molar-refractivity contribution in [2.45, 2.75) is 356 Å². The van der Waals surface area contributed by atoms with E-state index in [1.807, 2.05) is 6.08 Å². The molecular formula is C65H121NO18. The Bertz CT molecular complexity index is 1630. The van der Waals surface area contributed by atoms with Crippen LogP contribution in [-0.4, -0.2) is 193 Å². The van der Waals surface area contributed by atoms with E-state index in [4.69, 9.17) is 28.4 Å². The molecule has 0 aromatic heterocycles. The molecule has 0 radical (unpaired) electrons. The number of hydrogen-bond donors (Lipinski definition) is 12. The zero-order chi connectivity index (χ0) is 61.2. The fraction of sp³-hybridized carbons (Fsp3) is 0.923. The average Bonchev–Trinajstić information content (AvgIpc) is 2.98. The van der Waals surface area contributed by atoms with E-state index in [1.54, 1.807) is 6.08 Å². The summed E-state index contributed by atoms with van der Waals surface area (Å²) in [6.07, 6.45) is 26.0. The van der Waals surface area contributed by atoms with Gasteiger partial charge in [0.05, 0.1) is 38.6 Å². The number of rotatable bonds is 51. The van der Waals surface area contributed by atoms with E-state index in [9.17, 15) is 61.0 Å². The molecule has 3 rings (SSSR count). The first-order chi connectivity index (χ1) is 40.8. The largest absolute Gasteiger partial charge is 0.394 e. The molecule has 84 heavy (non-hydrogen) atoms. The number of nitrogens with one attached hydrogen (secondary N) is 1. The molecule has 1 amide bonds. The molecule has 19 heteroatoms. The minimum atomic E-state index is -1.98. The number of unbranched alkanes of at least 4 members (excludes halogenated alkanes) is 33. The van der Waals surface area contributed by atoms with Crippen LogP contribution < -0.4 is 5.32 Å². The van der Waals surface area contributed by atoms with Gasteiger partial charge >= 0.3 is 0 Å². The number of allylic oxidation sites excluding steroid dienone is 3. The highest BCUT2D eigenvalue weighted by molar-refractivity contribution is 5.76. The van der Waals surface area contributed by atoms with Crippen molar-refractivity contribution in [1.29, 1.82) is 0 Å². The highest BCUT2D eigenvalue weighted by atomic mass is 16.8. The van der Waals surface area contributed by atoms with Crippen molar-refractivity contribution in [3.63, 3.8) is 0 Å². The molecular weight excluding hydrogens is 1080 g/mol. The maximum absolute atomic E-state index is 13.4. The average molecular weight is 1200 g/mol. The van der Waals surface area contributed by atoms with E-state index >= 15 is 0 Å². The number of ether oxygens (including phenoxy) is 6. The summed E-state index contributed by atoms with van der Waals surface area (Å²) in [5.41, 5.74) is 0. The molecule has 17 unspecified atom stereocenters. The van der Waals surface area contributed by atoms with Gasteiger partial charge in [-0.05, 0) is 44.9 Å². The molecule has 0 aromatic rings. The topological polar surface area (TPSA) is 307 Å². The van der Waals surface area contributed by atoms with Crippen LogP contribution in [-0.2, 0) is 33.2 Å². The summed E-state index contributed by atoms with van der Waals surface area (Å²) in [7, 11) is 0. The zero-order valence-corrected chi connectivity index (χ0v) is 51.9. The molecule has 0 bridgehead atoms. The van der Waals surface area contributed by atoms with Gasteiger partial charge in [0.15, 0.2) is 18.9 Å². The van der Waals surface area contributed by atoms with Gasteiger partial charge in [-0.2, -0.15) is 0 Å². The highest BCUT2D eigenvalue weighted by Gasteiger charge is 2.53. The number of carbonyl (C=O) groups excluding carboxylic acids is 1. The summed E-state index contributed by atoms with van der Waals surface area (Å²) in [6.45, 7) is 1.73. The van der Waals surface area contributed by atoms with Crippen molar-refractivity contribution in [1.82, 2.24) is 5.32 Å². The van der Waals surface area contributed by atoms with Gasteiger partial charge in [-0.25, -0.2) is 0 Å². The van der Waals surface area contributed by atoms with Crippen LogP contribution in [0.5, 0.6) is 0 Å². The number of aliphatic hydroxyl groups excluding tert-OH is 11. The van der Waals surface area contributed by atoms with Crippen molar-refractivity contribution in [3.8, 4) is 0 Å². The molecule has 3 aliphatic rings. The second-order valence-corrected chi connectivity index (χ2v) is 24.3. The first-order valence-electron chi connectivity index (χ1n) is 33.6. The van der Waals surface area contributed by atoms with E-state index < -0.39 is 124 Å². The standard InChI is InChI=1S/C65H121NO18/c1-3-5-7-9-11-13-15-17-18-19-20-21-22-23-24-25-26-27-28-29-30-31-33-35-37-39-41-43-53(71)66-48(49(70)42-40-38-36-34-32-16-14-12-10-8-6-4-2)47-79-63-59(77)56(74)61(51(45-68)81-63)84-65-60(78)57(75)62(52(46-69)82-65)83-64-58(76)55(73)54(72)50(44-67)80-64/h19-20,40,42,48-52,54-65,67-70,72-78H,3-18,21-39,41,43-47H2,1-2H3,(H,66,71)/b20-19-,42-40+. The van der Waals surface area contributed by atoms with Crippen LogP contribution in [0.15, 0.2) is 24.3 Å². The van der Waals surface area contributed by atoms with E-state index in [-0.39, 0.29) is 18.9 Å². The Balaban J connectivity index is 1.40. The van der Waals surface area contributed by atoms with E-state index in [0.717, 1.165) is 44.9 Å². The molecule has 494 valence electrons. The highest BCUT2D eigenvalue weighted by Crippen LogP contribution is 2.33. The predicted molar refractivity (Wildman–Crippen MR) is 323 cm³/mol. The molecule has 3 aliphatic heterocycles. The minimum absolute atomic E-state index is 0.246. The molecule has 3 saturated heterocycles. The van der Waals surface area contributed by atoms with Gasteiger partial charge in [-0.1, -0.05) is 224 Å². The number of aliphatic hydroxyl groups is 11. The SMILES string of the molecule is CCCCCCCCCC/C=C\CCCCCCCCCCCCCCCCCC(=O)NC(COC1OC(CO)C(OC2OC(CO)C(OC3OC(CO)C(O)C(O)C3O)C(O)C2O)C(O)C1O)C(O)/C=C/CCCCCCCCCCCC. The lowest BCUT2D eigenvalue weighted by molar-refractivity contribution is -0.379. The molecule has 12 N–H and O–H groups in total. The molecule has 17 atom stereocenters. The van der Waals surface area contributed by atoms with Gasteiger partial charge < -0.3 is 89.9 Å². The third kappa shape index (κ3) is 30.7. The second-order valence-electron chi connectivity index (χ2n) is 24.3. The van der Waals surface area contributed by atoms with Crippen LogP contribution in [0.25, 0.3) is 0 Å². The van der Waals surface area contributed by atoms with Crippen molar-refractivity contribution >= 4 is 5.91 Å². The van der Waals surface area contributed by atoms with Crippen molar-refractivity contribution in [2.75, 3.05) is 26.4 Å². The van der Waals surface area contributed by atoms with Gasteiger partial charge in [0.25, 0.3) is 0 Å². The van der Waals surface area contributed by atoms with Gasteiger partial charge in [0, 0.05) is 6.42 Å². The third-order valence-electron chi connectivity index (χ3n) is 17.0. The molecule has 19 nitrogen and oxygen atoms in total. The quantitative estimate of drug-likeness (QED) is 0.0204. The maximum Gasteiger partial charge on any atom is 0.220 e. The van der Waals surface area contributed by atoms with Gasteiger partial charge in [0.2, 0.25) is 5.91 Å². The molecule has 0 spiro atoms. The van der Waals surface area contributed by atoms with Gasteiger partial charge in [0.1, 0.15) is 73.2 Å². The molecule has 0 aliphatic carbocycles. The van der Waals surface area contributed by atoms with Crippen molar-refractivity contribution < 1.29 is 89.4 Å². The first kappa shape index (κ1) is 76.5. The summed E-state index contributed by atoms with van der Waals surface area (Å²) in [6, 6.07) is -0.969. The van der Waals surface area contributed by atoms with Crippen LogP contribution in [0, 0.1) is 0 Å². The monoisotopic (exact) mass is 1200 g/mol. The van der Waals surface area contributed by atoms with Crippen LogP contribution in [0.4, 0.5) is 0 Å². The Hall–Kier alpha value is -1.73. The summed E-state index contributed by atoms with van der Waals surface area (Å²) >= 11 is 0. The second kappa shape index (κ2) is 48.2. The molecule has 3 heterocycles. The maximum atomic E-state index is 13.4. The van der Waals surface area contributed by atoms with Gasteiger partial charge in [-0.15, -0.1) is 0 Å². The van der Waals surface area contributed by atoms with Crippen LogP contribution in [0.1, 0.15) is 251 Å². The van der Waals surface area contributed by atoms with Gasteiger partial charge in [-0.3, -0.25) is 4.79 Å². The van der Waals surface area contributed by atoms with Crippen LogP contribution >= 0.6 is 0 Å². The van der Waals surface area contributed by atoms with E-state index in [0.29, 0.717) is 6.42 Å². The Labute approximate surface area is 505 Å². The lowest BCUT2D eigenvalue weighted by Crippen LogP contribution is -2.66. The summed E-state index contributed by atoms with van der Waals surface area (Å²) < 4.78 is 34.3. The lowest BCUT2D eigenvalue weighted by Gasteiger charge is -2.48. The van der Waals surface area contributed by atoms with E-state index in [2.05, 4.69) is 31.3 Å². The zero-order valence-electron chi connectivity index (χ0n) is 51.9. The third-order valence-corrected chi connectivity index (χ3v) is 17.0. The molecule has 0 aromatic carbocycles.